The van der Waals surface area contributed by atoms with Crippen molar-refractivity contribution in [3.05, 3.63) is 33.5 Å². The fourth-order valence-corrected chi connectivity index (χ4v) is 5.06. The highest BCUT2D eigenvalue weighted by Gasteiger charge is 2.39. The van der Waals surface area contributed by atoms with E-state index in [4.69, 9.17) is 0 Å². The zero-order valence-electron chi connectivity index (χ0n) is 14.3. The number of hydrogen-bond donors (Lipinski definition) is 1. The van der Waals surface area contributed by atoms with E-state index in [1.54, 1.807) is 11.3 Å². The Labute approximate surface area is 153 Å². The zero-order valence-corrected chi connectivity index (χ0v) is 15.1. The van der Waals surface area contributed by atoms with E-state index in [1.165, 1.54) is 21.5 Å². The van der Waals surface area contributed by atoms with Crippen molar-refractivity contribution in [2.45, 2.75) is 64.1 Å². The minimum atomic E-state index is -4.48. The summed E-state index contributed by atoms with van der Waals surface area (Å²) in [7, 11) is 0. The lowest BCUT2D eigenvalue weighted by molar-refractivity contribution is -0.142. The number of amides is 1. The predicted molar refractivity (Wildman–Crippen MR) is 93.5 cm³/mol. The lowest BCUT2D eigenvalue weighted by Crippen LogP contribution is -2.21. The smallest absolute Gasteiger partial charge is 0.316 e. The molecule has 2 heterocycles. The molecule has 4 rings (SSSR count). The Morgan fingerprint density at radius 1 is 1.15 bits per heavy atom. The first kappa shape index (κ1) is 17.6. The fourth-order valence-electron chi connectivity index (χ4n) is 3.89. The number of aromatic nitrogens is 2. The summed E-state index contributed by atoms with van der Waals surface area (Å²) in [6, 6.07) is 2.00. The summed E-state index contributed by atoms with van der Waals surface area (Å²) in [6.07, 6.45) is 2.40. The number of rotatable bonds is 3. The maximum Gasteiger partial charge on any atom is 0.435 e. The van der Waals surface area contributed by atoms with Crippen LogP contribution in [0.25, 0.3) is 0 Å². The summed E-state index contributed by atoms with van der Waals surface area (Å²) < 4.78 is 40.9. The summed E-state index contributed by atoms with van der Waals surface area (Å²) in [5.41, 5.74) is 1.28. The second-order valence-electron chi connectivity index (χ2n) is 6.95. The number of halogens is 3. The van der Waals surface area contributed by atoms with E-state index >= 15 is 0 Å². The Morgan fingerprint density at radius 3 is 2.65 bits per heavy atom. The number of carbonyl (C=O) groups is 1. The second-order valence-corrected chi connectivity index (χ2v) is 8.09. The van der Waals surface area contributed by atoms with Crippen molar-refractivity contribution in [3.8, 4) is 0 Å². The molecule has 0 fully saturated rings. The van der Waals surface area contributed by atoms with Gasteiger partial charge in [-0.05, 0) is 63.0 Å². The number of nitrogens with zero attached hydrogens (tertiary/aromatic N) is 2. The van der Waals surface area contributed by atoms with Crippen LogP contribution in [-0.2, 0) is 43.2 Å². The van der Waals surface area contributed by atoms with Crippen molar-refractivity contribution in [2.75, 3.05) is 5.32 Å². The van der Waals surface area contributed by atoms with Gasteiger partial charge in [-0.1, -0.05) is 0 Å². The standard InChI is InChI=1S/C18H20F3N3OS/c19-18(20,21)17-12-6-2-3-7-13(12)24(23-17)10-15(25)22-16-9-11-5-1-4-8-14(11)26-16/h9H,1-8,10H2,(H,22,25). The quantitative estimate of drug-likeness (QED) is 0.856. The number of thiophene rings is 1. The molecular formula is C18H20F3N3OS. The maximum absolute atomic E-state index is 13.2. The van der Waals surface area contributed by atoms with E-state index in [0.29, 0.717) is 18.5 Å². The van der Waals surface area contributed by atoms with Gasteiger partial charge in [0.05, 0.1) is 5.00 Å². The van der Waals surface area contributed by atoms with Gasteiger partial charge < -0.3 is 5.32 Å². The monoisotopic (exact) mass is 383 g/mol. The van der Waals surface area contributed by atoms with Crippen LogP contribution in [0.15, 0.2) is 6.07 Å². The van der Waals surface area contributed by atoms with Gasteiger partial charge in [0.1, 0.15) is 6.54 Å². The van der Waals surface area contributed by atoms with Crippen LogP contribution >= 0.6 is 11.3 Å². The fraction of sp³-hybridized carbons (Fsp3) is 0.556. The third-order valence-corrected chi connectivity index (χ3v) is 6.23. The first-order valence-corrected chi connectivity index (χ1v) is 9.80. The molecule has 2 aromatic rings. The van der Waals surface area contributed by atoms with Gasteiger partial charge in [-0.3, -0.25) is 9.48 Å². The minimum Gasteiger partial charge on any atom is -0.316 e. The second kappa shape index (κ2) is 6.72. The molecule has 0 aromatic carbocycles. The average Bonchev–Trinajstić information content (AvgIpc) is 3.15. The van der Waals surface area contributed by atoms with Crippen molar-refractivity contribution < 1.29 is 18.0 Å². The molecule has 0 bridgehead atoms. The van der Waals surface area contributed by atoms with Gasteiger partial charge >= 0.3 is 6.18 Å². The number of anilines is 1. The highest BCUT2D eigenvalue weighted by Crippen LogP contribution is 2.36. The van der Waals surface area contributed by atoms with Gasteiger partial charge in [-0.25, -0.2) is 0 Å². The van der Waals surface area contributed by atoms with E-state index in [0.717, 1.165) is 37.1 Å². The van der Waals surface area contributed by atoms with Gasteiger partial charge in [-0.2, -0.15) is 18.3 Å². The van der Waals surface area contributed by atoms with Gasteiger partial charge in [0.25, 0.3) is 0 Å². The Balaban J connectivity index is 1.52. The lowest BCUT2D eigenvalue weighted by Gasteiger charge is -2.14. The van der Waals surface area contributed by atoms with E-state index < -0.39 is 11.9 Å². The van der Waals surface area contributed by atoms with E-state index in [9.17, 15) is 18.0 Å². The SMILES string of the molecule is O=C(Cn1nc(C(F)(F)F)c2c1CCCC2)Nc1cc2c(s1)CCCC2. The van der Waals surface area contributed by atoms with Gasteiger partial charge in [0, 0.05) is 16.1 Å². The number of fused-ring (bicyclic) bond motifs is 2. The highest BCUT2D eigenvalue weighted by atomic mass is 32.1. The van der Waals surface area contributed by atoms with Crippen molar-refractivity contribution in [1.82, 2.24) is 9.78 Å². The largest absolute Gasteiger partial charge is 0.435 e. The van der Waals surface area contributed by atoms with Crippen LogP contribution < -0.4 is 5.32 Å². The van der Waals surface area contributed by atoms with Gasteiger partial charge in [-0.15, -0.1) is 11.3 Å². The van der Waals surface area contributed by atoms with E-state index in [-0.39, 0.29) is 18.0 Å². The Morgan fingerprint density at radius 2 is 1.88 bits per heavy atom. The number of nitrogens with one attached hydrogen (secondary N) is 1. The van der Waals surface area contributed by atoms with Gasteiger partial charge in [0.2, 0.25) is 5.91 Å². The molecule has 0 unspecified atom stereocenters. The third-order valence-electron chi connectivity index (χ3n) is 5.08. The van der Waals surface area contributed by atoms with Crippen LogP contribution in [-0.4, -0.2) is 15.7 Å². The number of hydrogen-bond acceptors (Lipinski definition) is 3. The molecule has 2 aliphatic rings. The Bertz CT molecular complexity index is 814. The number of alkyl halides is 3. The van der Waals surface area contributed by atoms with Crippen molar-refractivity contribution in [1.29, 1.82) is 0 Å². The lowest BCUT2D eigenvalue weighted by atomic mass is 9.95. The average molecular weight is 383 g/mol. The van der Waals surface area contributed by atoms with E-state index in [2.05, 4.69) is 10.4 Å². The predicted octanol–water partition coefficient (Wildman–Crippen LogP) is 4.36. The van der Waals surface area contributed by atoms with Crippen LogP contribution in [0.5, 0.6) is 0 Å². The molecule has 0 aliphatic heterocycles. The van der Waals surface area contributed by atoms with Crippen LogP contribution in [0.4, 0.5) is 18.2 Å². The summed E-state index contributed by atoms with van der Waals surface area (Å²) in [4.78, 5) is 13.7. The molecule has 0 saturated carbocycles. The summed E-state index contributed by atoms with van der Waals surface area (Å²) in [5, 5.41) is 7.36. The number of carbonyl (C=O) groups excluding carboxylic acids is 1. The zero-order chi connectivity index (χ0) is 18.3. The molecule has 0 atom stereocenters. The molecule has 0 saturated heterocycles. The van der Waals surface area contributed by atoms with Crippen LogP contribution in [0, 0.1) is 0 Å². The molecular weight excluding hydrogens is 363 g/mol. The van der Waals surface area contributed by atoms with Crippen LogP contribution in [0.1, 0.15) is 53.1 Å². The van der Waals surface area contributed by atoms with Crippen LogP contribution in [0.2, 0.25) is 0 Å². The topological polar surface area (TPSA) is 46.9 Å². The molecule has 1 amide bonds. The Hall–Kier alpha value is -1.83. The maximum atomic E-state index is 13.2. The first-order chi connectivity index (χ1) is 12.4. The van der Waals surface area contributed by atoms with Crippen molar-refractivity contribution in [3.63, 3.8) is 0 Å². The molecule has 26 heavy (non-hydrogen) atoms. The van der Waals surface area contributed by atoms with Crippen molar-refractivity contribution in [2.24, 2.45) is 0 Å². The van der Waals surface area contributed by atoms with Crippen LogP contribution in [0.3, 0.4) is 0 Å². The summed E-state index contributed by atoms with van der Waals surface area (Å²) in [5.74, 6) is -0.326. The molecule has 140 valence electrons. The molecule has 0 radical (unpaired) electrons. The first-order valence-electron chi connectivity index (χ1n) is 8.99. The summed E-state index contributed by atoms with van der Waals surface area (Å²) >= 11 is 1.57. The molecule has 8 heteroatoms. The summed E-state index contributed by atoms with van der Waals surface area (Å²) in [6.45, 7) is -0.180. The molecule has 2 aliphatic carbocycles. The number of aryl methyl sites for hydroxylation is 2. The molecule has 1 N–H and O–H groups in total. The van der Waals surface area contributed by atoms with E-state index in [1.807, 2.05) is 6.07 Å². The molecule has 0 spiro atoms. The van der Waals surface area contributed by atoms with Crippen molar-refractivity contribution >= 4 is 22.2 Å². The normalized spacial score (nSPS) is 16.9. The Kier molecular flexibility index (Phi) is 4.54. The molecule has 2 aromatic heterocycles. The molecule has 4 nitrogen and oxygen atoms in total. The highest BCUT2D eigenvalue weighted by molar-refractivity contribution is 7.16. The third kappa shape index (κ3) is 3.39. The minimum absolute atomic E-state index is 0.180. The van der Waals surface area contributed by atoms with Gasteiger partial charge in [0.15, 0.2) is 5.69 Å².